The molecule has 0 saturated carbocycles. The first-order chi connectivity index (χ1) is 28.8. The molecule has 0 aliphatic carbocycles. The van der Waals surface area contributed by atoms with E-state index in [-0.39, 0.29) is 42.4 Å². The van der Waals surface area contributed by atoms with E-state index in [9.17, 15) is 4.79 Å². The predicted octanol–water partition coefficient (Wildman–Crippen LogP) is 16.5. The van der Waals surface area contributed by atoms with Gasteiger partial charge >= 0.3 is 5.91 Å². The molecule has 0 bridgehead atoms. The van der Waals surface area contributed by atoms with Crippen molar-refractivity contribution < 1.29 is 13.9 Å². The summed E-state index contributed by atoms with van der Waals surface area (Å²) in [6, 6.07) is 22.7. The number of carbonyl (C=O) groups excluding carboxylic acids is 1. The summed E-state index contributed by atoms with van der Waals surface area (Å²) >= 11 is 0. The highest BCUT2D eigenvalue weighted by Gasteiger charge is 2.24. The zero-order valence-electron chi connectivity index (χ0n) is 41.1. The molecule has 0 aliphatic heterocycles. The van der Waals surface area contributed by atoms with Crippen molar-refractivity contribution in [2.24, 2.45) is 11.7 Å². The molecule has 0 amide bonds. The Balaban J connectivity index is -0.000000911. The number of benzene rings is 1. The van der Waals surface area contributed by atoms with Crippen LogP contribution in [0.2, 0.25) is 0 Å². The predicted molar refractivity (Wildman–Crippen MR) is 276 cm³/mol. The summed E-state index contributed by atoms with van der Waals surface area (Å²) in [6.07, 6.45) is 50.3. The summed E-state index contributed by atoms with van der Waals surface area (Å²) < 4.78 is 3.83. The van der Waals surface area contributed by atoms with Gasteiger partial charge in [0.1, 0.15) is 6.54 Å². The van der Waals surface area contributed by atoms with E-state index in [1.54, 1.807) is 12.4 Å². The van der Waals surface area contributed by atoms with Crippen LogP contribution in [-0.4, -0.2) is 11.4 Å². The molecule has 5 nitrogen and oxygen atoms in total. The zero-order valence-corrected chi connectivity index (χ0v) is 42.7. The number of hydrogen-bond acceptors (Lipinski definition) is 3. The molecule has 0 aliphatic rings. The van der Waals surface area contributed by atoms with E-state index in [0.29, 0.717) is 5.92 Å². The fourth-order valence-corrected chi connectivity index (χ4v) is 7.90. The number of unbranched alkanes of at least 4 members (excludes halogenated alkanes) is 26. The second-order valence-electron chi connectivity index (χ2n) is 18.1. The monoisotopic (exact) mass is 903 g/mol. The molecule has 3 aromatic rings. The van der Waals surface area contributed by atoms with Crippen LogP contribution >= 0.6 is 24.8 Å². The summed E-state index contributed by atoms with van der Waals surface area (Å²) in [7, 11) is 0. The molecule has 1 aromatic carbocycles. The van der Waals surface area contributed by atoms with Gasteiger partial charge in [-0.1, -0.05) is 223 Å². The van der Waals surface area contributed by atoms with Crippen molar-refractivity contribution >= 4 is 30.7 Å². The van der Waals surface area contributed by atoms with Gasteiger partial charge in [0.2, 0.25) is 0 Å². The molecule has 62 heavy (non-hydrogen) atoms. The number of nitrogens with two attached hydrogens (primary N) is 1. The summed E-state index contributed by atoms with van der Waals surface area (Å²) in [5.74, 6) is 0.616. The number of carbonyl (C=O) groups is 1. The topological polar surface area (TPSA) is 85.8 Å². The van der Waals surface area contributed by atoms with Crippen LogP contribution in [0.5, 0.6) is 0 Å². The van der Waals surface area contributed by atoms with Crippen LogP contribution < -0.4 is 21.0 Å². The van der Waals surface area contributed by atoms with Crippen molar-refractivity contribution in [3.8, 4) is 0 Å². The molecular formula is C55H100Cl2N4O+2. The molecule has 2 heterocycles. The summed E-state index contributed by atoms with van der Waals surface area (Å²) in [4.78, 5) is 10.6. The number of pyridine rings is 2. The second-order valence-corrected chi connectivity index (χ2v) is 18.1. The third-order valence-electron chi connectivity index (χ3n) is 11.9. The lowest BCUT2D eigenvalue weighted by atomic mass is 9.80. The molecule has 5 N–H and O–H groups in total. The largest absolute Gasteiger partial charge is 0.389 e. The maximum atomic E-state index is 10.6. The average Bonchev–Trinajstić information content (AvgIpc) is 3.24. The SMILES string of the molecule is CC(=O)[n+]1ccccc1.CCCCCCCCCCC(Cc1ccccc1)C(C)(C)N.CCCCCCCCCCCCCCCCCCCCCC[n+]1ccccc1.Cl.Cl.N. The van der Waals surface area contributed by atoms with Crippen LogP contribution in [0.15, 0.2) is 91.5 Å². The molecule has 0 fully saturated rings. The Morgan fingerprint density at radius 1 is 0.500 bits per heavy atom. The first-order valence-electron chi connectivity index (χ1n) is 25.0. The molecule has 1 unspecified atom stereocenters. The molecule has 1 atom stereocenters. The van der Waals surface area contributed by atoms with Crippen LogP contribution in [0, 0.1) is 5.92 Å². The average molecular weight is 904 g/mol. The van der Waals surface area contributed by atoms with Gasteiger partial charge in [0.05, 0.1) is 6.92 Å². The van der Waals surface area contributed by atoms with Crippen LogP contribution in [-0.2, 0) is 13.0 Å². The molecular weight excluding hydrogens is 804 g/mol. The summed E-state index contributed by atoms with van der Waals surface area (Å²) in [5, 5.41) is 0. The zero-order chi connectivity index (χ0) is 42.9. The van der Waals surface area contributed by atoms with Crippen LogP contribution in [0.4, 0.5) is 0 Å². The van der Waals surface area contributed by atoms with Crippen molar-refractivity contribution in [2.75, 3.05) is 0 Å². The van der Waals surface area contributed by atoms with Crippen LogP contribution in [0.3, 0.4) is 0 Å². The summed E-state index contributed by atoms with van der Waals surface area (Å²) in [6.45, 7) is 11.7. The maximum absolute atomic E-state index is 10.6. The van der Waals surface area contributed by atoms with Gasteiger partial charge < -0.3 is 11.9 Å². The third kappa shape index (κ3) is 40.5. The second kappa shape index (κ2) is 46.7. The lowest BCUT2D eigenvalue weighted by Gasteiger charge is -2.31. The fraction of sp³-hybridized carbons (Fsp3) is 0.691. The van der Waals surface area contributed by atoms with Gasteiger partial charge in [0, 0.05) is 36.2 Å². The third-order valence-corrected chi connectivity index (χ3v) is 11.9. The van der Waals surface area contributed by atoms with Crippen molar-refractivity contribution in [2.45, 2.75) is 239 Å². The Bertz CT molecular complexity index is 1310. The molecule has 0 saturated heterocycles. The number of halogens is 2. The highest BCUT2D eigenvalue weighted by atomic mass is 35.5. The lowest BCUT2D eigenvalue weighted by Crippen LogP contribution is -2.42. The number of hydrogen-bond donors (Lipinski definition) is 2. The Morgan fingerprint density at radius 2 is 0.823 bits per heavy atom. The first-order valence-corrected chi connectivity index (χ1v) is 25.0. The Kier molecular flexibility index (Phi) is 48.2. The normalized spacial score (nSPS) is 11.1. The van der Waals surface area contributed by atoms with E-state index in [1.807, 2.05) is 18.2 Å². The van der Waals surface area contributed by atoms with Gasteiger partial charge in [-0.2, -0.15) is 0 Å². The Morgan fingerprint density at radius 3 is 1.16 bits per heavy atom. The highest BCUT2D eigenvalue weighted by molar-refractivity contribution is 5.85. The van der Waals surface area contributed by atoms with Crippen molar-refractivity contribution in [3.05, 3.63) is 97.1 Å². The quantitative estimate of drug-likeness (QED) is 0.0472. The van der Waals surface area contributed by atoms with E-state index in [1.165, 1.54) is 210 Å². The highest BCUT2D eigenvalue weighted by Crippen LogP contribution is 2.25. The van der Waals surface area contributed by atoms with E-state index in [2.05, 4.69) is 93.2 Å². The van der Waals surface area contributed by atoms with Gasteiger partial charge in [-0.15, -0.1) is 29.4 Å². The van der Waals surface area contributed by atoms with Crippen LogP contribution in [0.25, 0.3) is 0 Å². The van der Waals surface area contributed by atoms with Gasteiger partial charge in [-0.25, -0.2) is 9.36 Å². The fourth-order valence-electron chi connectivity index (χ4n) is 7.90. The van der Waals surface area contributed by atoms with E-state index in [4.69, 9.17) is 5.73 Å². The minimum atomic E-state index is -0.0863. The molecule has 0 spiro atoms. The Labute approximate surface area is 397 Å². The number of rotatable bonds is 33. The van der Waals surface area contributed by atoms with Gasteiger partial charge in [-0.3, -0.25) is 0 Å². The van der Waals surface area contributed by atoms with Crippen molar-refractivity contribution in [1.82, 2.24) is 6.15 Å². The minimum Gasteiger partial charge on any atom is -0.344 e. The molecule has 3 rings (SSSR count). The number of aryl methyl sites for hydroxylation is 1. The van der Waals surface area contributed by atoms with Gasteiger partial charge in [0.15, 0.2) is 24.8 Å². The van der Waals surface area contributed by atoms with E-state index < -0.39 is 0 Å². The van der Waals surface area contributed by atoms with Gasteiger partial charge in [0.25, 0.3) is 0 Å². The first kappa shape index (κ1) is 64.0. The van der Waals surface area contributed by atoms with Crippen molar-refractivity contribution in [3.63, 3.8) is 0 Å². The van der Waals surface area contributed by atoms with Gasteiger partial charge in [-0.05, 0) is 44.6 Å². The Hall–Kier alpha value is -2.31. The summed E-state index contributed by atoms with van der Waals surface area (Å²) in [5.41, 5.74) is 7.76. The molecule has 358 valence electrons. The standard InChI is InChI=1S/C27H50N.C21H37N.C7H8NO.2ClH.H3N/c1-2-3-4-5-6-7-8-9-10-11-12-13-14-15-16-17-18-19-20-22-25-28-26-23-21-24-27-28;1-4-5-6-7-8-9-10-14-17-20(21(2,3)22)18-19-15-12-11-13-16-19;1-7(9)8-5-3-2-4-6-8;;;/h21,23-24,26-27H,2-20,22,25H2,1H3;11-13,15-16,20H,4-10,14,17-18,22H2,1-3H3;2-6H,1H3;2*1H;1H3/q+1;;+1;;;. The van der Waals surface area contributed by atoms with E-state index >= 15 is 0 Å². The van der Waals surface area contributed by atoms with Crippen molar-refractivity contribution in [1.29, 1.82) is 0 Å². The number of nitrogens with zero attached hydrogens (tertiary/aromatic N) is 2. The maximum Gasteiger partial charge on any atom is 0.389 e. The number of aromatic nitrogens is 2. The smallest absolute Gasteiger partial charge is 0.344 e. The molecule has 2 aromatic heterocycles. The molecule has 7 heteroatoms. The molecule has 0 radical (unpaired) electrons. The van der Waals surface area contributed by atoms with E-state index in [0.717, 1.165) is 6.42 Å². The minimum absolute atomic E-state index is 0. The van der Waals surface area contributed by atoms with Crippen LogP contribution in [0.1, 0.15) is 231 Å². The lowest BCUT2D eigenvalue weighted by molar-refractivity contribution is -0.697.